The van der Waals surface area contributed by atoms with Gasteiger partial charge in [0.2, 0.25) is 5.91 Å². The molecule has 0 unspecified atom stereocenters. The van der Waals surface area contributed by atoms with Crippen LogP contribution in [-0.2, 0) is 11.2 Å². The highest BCUT2D eigenvalue weighted by Gasteiger charge is 2.29. The monoisotopic (exact) mass is 501 g/mol. The highest BCUT2D eigenvalue weighted by molar-refractivity contribution is 6.00. The number of anilines is 1. The van der Waals surface area contributed by atoms with Crippen LogP contribution in [-0.4, -0.2) is 46.7 Å². The van der Waals surface area contributed by atoms with Gasteiger partial charge in [-0.05, 0) is 48.9 Å². The van der Waals surface area contributed by atoms with Crippen molar-refractivity contribution in [2.24, 2.45) is 0 Å². The van der Waals surface area contributed by atoms with E-state index in [0.717, 1.165) is 27.7 Å². The number of piperazine rings is 1. The Kier molecular flexibility index (Phi) is 7.47. The zero-order valence-corrected chi connectivity index (χ0v) is 20.6. The van der Waals surface area contributed by atoms with Crippen molar-refractivity contribution < 1.29 is 9.18 Å². The lowest BCUT2D eigenvalue weighted by Crippen LogP contribution is -2.54. The van der Waals surface area contributed by atoms with Gasteiger partial charge in [0.25, 0.3) is 0 Å². The first-order valence-corrected chi connectivity index (χ1v) is 11.6. The molecule has 4 aromatic rings. The number of nitriles is 1. The van der Waals surface area contributed by atoms with E-state index in [0.29, 0.717) is 37.3 Å². The summed E-state index contributed by atoms with van der Waals surface area (Å²) in [5, 5.41) is 20.0. The van der Waals surface area contributed by atoms with Crippen LogP contribution in [0.15, 0.2) is 72.8 Å². The summed E-state index contributed by atoms with van der Waals surface area (Å²) in [5.41, 5.74) is 3.01. The first kappa shape index (κ1) is 25.1. The van der Waals surface area contributed by atoms with E-state index in [1.54, 1.807) is 24.3 Å². The zero-order chi connectivity index (χ0) is 24.4. The van der Waals surface area contributed by atoms with Gasteiger partial charge in [-0.15, -0.1) is 22.6 Å². The molecule has 0 bridgehead atoms. The number of benzene rings is 3. The highest BCUT2D eigenvalue weighted by atomic mass is 35.5. The number of nitrogens with zero attached hydrogens (tertiary/aromatic N) is 5. The third kappa shape index (κ3) is 5.00. The maximum atomic E-state index is 13.4. The molecule has 3 aromatic carbocycles. The van der Waals surface area contributed by atoms with Gasteiger partial charge in [0.05, 0.1) is 18.1 Å². The fourth-order valence-electron chi connectivity index (χ4n) is 4.64. The summed E-state index contributed by atoms with van der Waals surface area (Å²) in [5.74, 6) is 0.574. The molecule has 1 aromatic heterocycles. The lowest BCUT2D eigenvalue weighted by Gasteiger charge is -2.40. The lowest BCUT2D eigenvalue weighted by molar-refractivity contribution is -0.132. The fourth-order valence-corrected chi connectivity index (χ4v) is 4.64. The van der Waals surface area contributed by atoms with Crippen molar-refractivity contribution >= 4 is 34.9 Å². The molecule has 36 heavy (non-hydrogen) atoms. The quantitative estimate of drug-likeness (QED) is 0.393. The van der Waals surface area contributed by atoms with Gasteiger partial charge in [0, 0.05) is 42.0 Å². The molecule has 0 radical (unpaired) electrons. The smallest absolute Gasteiger partial charge is 0.227 e. The van der Waals surface area contributed by atoms with Gasteiger partial charge in [-0.2, -0.15) is 5.26 Å². The second kappa shape index (κ2) is 10.7. The Balaban J connectivity index is 0.00000304. The molecule has 182 valence electrons. The third-order valence-corrected chi connectivity index (χ3v) is 6.47. The summed E-state index contributed by atoms with van der Waals surface area (Å²) in [6, 6.07) is 23.5. The number of fused-ring (bicyclic) bond motifs is 1. The van der Waals surface area contributed by atoms with Crippen LogP contribution in [0.25, 0.3) is 22.0 Å². The van der Waals surface area contributed by atoms with Crippen LogP contribution in [0, 0.1) is 17.1 Å². The first-order chi connectivity index (χ1) is 17.0. The van der Waals surface area contributed by atoms with Gasteiger partial charge in [-0.25, -0.2) is 4.39 Å². The van der Waals surface area contributed by atoms with Gasteiger partial charge < -0.3 is 9.80 Å². The molecule has 0 aliphatic carbocycles. The van der Waals surface area contributed by atoms with E-state index in [9.17, 15) is 9.18 Å². The van der Waals surface area contributed by atoms with E-state index in [1.807, 2.05) is 48.2 Å². The van der Waals surface area contributed by atoms with Crippen LogP contribution in [0.1, 0.15) is 18.1 Å². The molecule has 1 saturated heterocycles. The van der Waals surface area contributed by atoms with E-state index < -0.39 is 0 Å². The molecular weight excluding hydrogens is 477 g/mol. The van der Waals surface area contributed by atoms with E-state index in [4.69, 9.17) is 5.26 Å². The Bertz CT molecular complexity index is 1420. The van der Waals surface area contributed by atoms with Crippen LogP contribution < -0.4 is 4.90 Å². The number of aromatic nitrogens is 2. The Morgan fingerprint density at radius 2 is 1.69 bits per heavy atom. The van der Waals surface area contributed by atoms with Gasteiger partial charge in [0.15, 0.2) is 5.82 Å². The van der Waals surface area contributed by atoms with Crippen LogP contribution >= 0.6 is 12.4 Å². The number of carbonyl (C=O) groups excluding carboxylic acids is 1. The predicted octanol–water partition coefficient (Wildman–Crippen LogP) is 5.01. The van der Waals surface area contributed by atoms with E-state index >= 15 is 0 Å². The molecule has 6 nitrogen and oxygen atoms in total. The van der Waals surface area contributed by atoms with Crippen LogP contribution in [0.3, 0.4) is 0 Å². The summed E-state index contributed by atoms with van der Waals surface area (Å²) in [7, 11) is 0. The number of hydrogen-bond donors (Lipinski definition) is 0. The number of halogens is 2. The summed E-state index contributed by atoms with van der Waals surface area (Å²) in [6.45, 7) is 3.93. The number of rotatable bonds is 4. The summed E-state index contributed by atoms with van der Waals surface area (Å²) in [6.07, 6.45) is 0.311. The second-order valence-corrected chi connectivity index (χ2v) is 8.79. The standard InChI is InChI=1S/C28H24FN5O.ClH/c1-19-18-33(14-15-34(19)26(35)16-20-6-8-21(17-30)9-7-20)28-25-5-3-2-4-24(25)27(31-32-28)22-10-12-23(29)13-11-22;/h2-13,19H,14-16,18H2,1H3;1H/t19-;/m1./s1. The predicted molar refractivity (Wildman–Crippen MR) is 140 cm³/mol. The molecule has 0 saturated carbocycles. The molecule has 1 aliphatic heterocycles. The highest BCUT2D eigenvalue weighted by Crippen LogP contribution is 2.32. The number of amides is 1. The minimum absolute atomic E-state index is 0. The zero-order valence-electron chi connectivity index (χ0n) is 19.8. The largest absolute Gasteiger partial charge is 0.351 e. The molecule has 2 heterocycles. The molecule has 1 aliphatic rings. The average molecular weight is 502 g/mol. The van der Waals surface area contributed by atoms with Gasteiger partial charge >= 0.3 is 0 Å². The van der Waals surface area contributed by atoms with Crippen molar-refractivity contribution in [1.29, 1.82) is 5.26 Å². The van der Waals surface area contributed by atoms with Gasteiger partial charge in [0.1, 0.15) is 11.5 Å². The van der Waals surface area contributed by atoms with Crippen molar-refractivity contribution in [3.05, 3.63) is 89.7 Å². The van der Waals surface area contributed by atoms with Crippen molar-refractivity contribution in [3.8, 4) is 17.3 Å². The molecule has 1 fully saturated rings. The fraction of sp³-hybridized carbons (Fsp3) is 0.214. The normalized spacial score (nSPS) is 15.3. The van der Waals surface area contributed by atoms with Crippen molar-refractivity contribution in [2.45, 2.75) is 19.4 Å². The topological polar surface area (TPSA) is 73.1 Å². The van der Waals surface area contributed by atoms with E-state index in [2.05, 4.69) is 21.2 Å². The number of carbonyl (C=O) groups is 1. The Hall–Kier alpha value is -4.02. The minimum atomic E-state index is -0.289. The lowest BCUT2D eigenvalue weighted by atomic mass is 10.0. The van der Waals surface area contributed by atoms with Crippen LogP contribution in [0.4, 0.5) is 10.2 Å². The molecule has 0 spiro atoms. The summed E-state index contributed by atoms with van der Waals surface area (Å²) in [4.78, 5) is 17.1. The van der Waals surface area contributed by atoms with Crippen LogP contribution in [0.5, 0.6) is 0 Å². The van der Waals surface area contributed by atoms with Crippen molar-refractivity contribution in [3.63, 3.8) is 0 Å². The molecule has 0 N–H and O–H groups in total. The molecule has 1 amide bonds. The van der Waals surface area contributed by atoms with Gasteiger partial charge in [-0.1, -0.05) is 36.4 Å². The number of hydrogen-bond acceptors (Lipinski definition) is 5. The maximum Gasteiger partial charge on any atom is 0.227 e. The molecule has 5 rings (SSSR count). The van der Waals surface area contributed by atoms with E-state index in [1.165, 1.54) is 12.1 Å². The summed E-state index contributed by atoms with van der Waals surface area (Å²) < 4.78 is 13.4. The molecule has 8 heteroatoms. The van der Waals surface area contributed by atoms with Crippen LogP contribution in [0.2, 0.25) is 0 Å². The first-order valence-electron chi connectivity index (χ1n) is 11.6. The average Bonchev–Trinajstić information content (AvgIpc) is 2.89. The third-order valence-electron chi connectivity index (χ3n) is 6.47. The molecule has 1 atom stereocenters. The molecular formula is C28H25ClFN5O. The summed E-state index contributed by atoms with van der Waals surface area (Å²) >= 11 is 0. The SMILES string of the molecule is C[C@@H]1CN(c2nnc(-c3ccc(F)cc3)c3ccccc23)CCN1C(=O)Cc1ccc(C#N)cc1.Cl. The second-order valence-electron chi connectivity index (χ2n) is 8.79. The Labute approximate surface area is 215 Å². The Morgan fingerprint density at radius 3 is 2.36 bits per heavy atom. The minimum Gasteiger partial charge on any atom is -0.351 e. The van der Waals surface area contributed by atoms with Gasteiger partial charge in [-0.3, -0.25) is 4.79 Å². The van der Waals surface area contributed by atoms with Crippen molar-refractivity contribution in [1.82, 2.24) is 15.1 Å². The Morgan fingerprint density at radius 1 is 1.00 bits per heavy atom. The van der Waals surface area contributed by atoms with E-state index in [-0.39, 0.29) is 30.2 Å². The van der Waals surface area contributed by atoms with Crippen molar-refractivity contribution in [2.75, 3.05) is 24.5 Å². The maximum absolute atomic E-state index is 13.4.